The third kappa shape index (κ3) is 2.96. The number of nitrogens with zero attached hydrogens (tertiary/aromatic N) is 2. The average molecular weight is 283 g/mol. The molecule has 2 atom stereocenters. The van der Waals surface area contributed by atoms with Crippen molar-refractivity contribution in [2.24, 2.45) is 16.8 Å². The molecule has 2 rings (SSSR count). The third-order valence-corrected chi connectivity index (χ3v) is 3.65. The zero-order valence-electron chi connectivity index (χ0n) is 10.2. The molecule has 1 saturated carbocycles. The Kier molecular flexibility index (Phi) is 4.21. The summed E-state index contributed by atoms with van der Waals surface area (Å²) in [5.41, 5.74) is 6.00. The Morgan fingerprint density at radius 1 is 1.58 bits per heavy atom. The van der Waals surface area contributed by atoms with Gasteiger partial charge in [-0.2, -0.15) is 0 Å². The number of hydrogen-bond acceptors (Lipinski definition) is 4. The van der Waals surface area contributed by atoms with Crippen molar-refractivity contribution in [1.29, 1.82) is 0 Å². The number of rotatable bonds is 3. The van der Waals surface area contributed by atoms with Crippen LogP contribution in [0.5, 0.6) is 0 Å². The average Bonchev–Trinajstić information content (AvgIpc) is 2.86. The predicted octanol–water partition coefficient (Wildman–Crippen LogP) is 1.38. The number of aromatic nitrogens is 1. The molecule has 19 heavy (non-hydrogen) atoms. The lowest BCUT2D eigenvalue weighted by molar-refractivity contribution is 0.0933. The lowest BCUT2D eigenvalue weighted by atomic mass is 10.0. The number of nitrogens with one attached hydrogen (secondary N) is 1. The van der Waals surface area contributed by atoms with Gasteiger partial charge in [-0.05, 0) is 18.9 Å². The topological polar surface area (TPSA) is 101 Å². The second-order valence-electron chi connectivity index (χ2n) is 4.50. The molecule has 0 bridgehead atoms. The van der Waals surface area contributed by atoms with Crippen LogP contribution in [-0.4, -0.2) is 28.0 Å². The highest BCUT2D eigenvalue weighted by molar-refractivity contribution is 6.33. The van der Waals surface area contributed by atoms with Gasteiger partial charge in [-0.25, -0.2) is 0 Å². The summed E-state index contributed by atoms with van der Waals surface area (Å²) in [5.74, 6) is -0.242. The number of oxime groups is 1. The number of carbonyl (C=O) groups excluding carboxylic acids is 1. The van der Waals surface area contributed by atoms with E-state index in [4.69, 9.17) is 22.5 Å². The summed E-state index contributed by atoms with van der Waals surface area (Å²) in [7, 11) is 0. The highest BCUT2D eigenvalue weighted by Crippen LogP contribution is 2.26. The molecule has 0 radical (unpaired) electrons. The van der Waals surface area contributed by atoms with E-state index in [2.05, 4.69) is 15.5 Å². The molecule has 1 aliphatic rings. The summed E-state index contributed by atoms with van der Waals surface area (Å²) in [5, 5.41) is 14.9. The van der Waals surface area contributed by atoms with E-state index in [1.807, 2.05) is 0 Å². The van der Waals surface area contributed by atoms with E-state index < -0.39 is 0 Å². The summed E-state index contributed by atoms with van der Waals surface area (Å²) in [6, 6.07) is 1.43. The van der Waals surface area contributed by atoms with Crippen molar-refractivity contribution in [2.75, 3.05) is 0 Å². The van der Waals surface area contributed by atoms with Crippen molar-refractivity contribution < 1.29 is 10.0 Å². The molecule has 0 spiro atoms. The molecule has 7 heteroatoms. The van der Waals surface area contributed by atoms with Crippen molar-refractivity contribution in [3.8, 4) is 0 Å². The van der Waals surface area contributed by atoms with Crippen LogP contribution in [0.4, 0.5) is 0 Å². The maximum absolute atomic E-state index is 12.1. The van der Waals surface area contributed by atoms with E-state index in [1.54, 1.807) is 6.07 Å². The normalized spacial score (nSPS) is 23.3. The molecule has 1 aromatic heterocycles. The summed E-state index contributed by atoms with van der Waals surface area (Å²) < 4.78 is 0. The highest BCUT2D eigenvalue weighted by Gasteiger charge is 2.32. The molecule has 0 saturated heterocycles. The van der Waals surface area contributed by atoms with Crippen LogP contribution in [0, 0.1) is 5.92 Å². The van der Waals surface area contributed by atoms with Gasteiger partial charge in [0.2, 0.25) is 0 Å². The quantitative estimate of drug-likeness (QED) is 0.337. The summed E-state index contributed by atoms with van der Waals surface area (Å²) in [6.45, 7) is 0. The SMILES string of the molecule is NC(=NO)C1CCCC1NC(=O)c1ccncc1Cl. The molecular formula is C12H15ClN4O2. The first-order chi connectivity index (χ1) is 9.13. The van der Waals surface area contributed by atoms with Crippen LogP contribution in [0.25, 0.3) is 0 Å². The minimum absolute atomic E-state index is 0.130. The number of amides is 1. The lowest BCUT2D eigenvalue weighted by Gasteiger charge is -2.20. The van der Waals surface area contributed by atoms with Crippen molar-refractivity contribution in [3.05, 3.63) is 29.0 Å². The smallest absolute Gasteiger partial charge is 0.253 e. The molecule has 6 nitrogen and oxygen atoms in total. The van der Waals surface area contributed by atoms with Gasteiger partial charge in [-0.1, -0.05) is 23.2 Å². The molecule has 1 amide bonds. The third-order valence-electron chi connectivity index (χ3n) is 3.34. The first-order valence-corrected chi connectivity index (χ1v) is 6.39. The van der Waals surface area contributed by atoms with E-state index in [0.29, 0.717) is 10.6 Å². The Balaban J connectivity index is 2.09. The van der Waals surface area contributed by atoms with Crippen LogP contribution in [0.1, 0.15) is 29.6 Å². The first-order valence-electron chi connectivity index (χ1n) is 6.01. The highest BCUT2D eigenvalue weighted by atomic mass is 35.5. The predicted molar refractivity (Wildman–Crippen MR) is 71.3 cm³/mol. The molecule has 1 aromatic rings. The Morgan fingerprint density at radius 2 is 2.37 bits per heavy atom. The van der Waals surface area contributed by atoms with E-state index in [9.17, 15) is 4.79 Å². The zero-order chi connectivity index (χ0) is 13.8. The Bertz CT molecular complexity index is 506. The number of pyridine rings is 1. The first kappa shape index (κ1) is 13.6. The fourth-order valence-electron chi connectivity index (χ4n) is 2.37. The maximum atomic E-state index is 12.1. The largest absolute Gasteiger partial charge is 0.409 e. The van der Waals surface area contributed by atoms with E-state index >= 15 is 0 Å². The minimum Gasteiger partial charge on any atom is -0.409 e. The van der Waals surface area contributed by atoms with E-state index in [0.717, 1.165) is 19.3 Å². The lowest BCUT2D eigenvalue weighted by Crippen LogP contribution is -2.42. The van der Waals surface area contributed by atoms with Gasteiger partial charge in [0.1, 0.15) is 5.84 Å². The molecule has 2 unspecified atom stereocenters. The fraction of sp³-hybridized carbons (Fsp3) is 0.417. The number of halogens is 1. The van der Waals surface area contributed by atoms with Crippen molar-refractivity contribution in [1.82, 2.24) is 10.3 Å². The second-order valence-corrected chi connectivity index (χ2v) is 4.90. The molecule has 1 heterocycles. The van der Waals surface area contributed by atoms with Crippen LogP contribution in [0.15, 0.2) is 23.6 Å². The molecule has 0 aromatic carbocycles. The maximum Gasteiger partial charge on any atom is 0.253 e. The van der Waals surface area contributed by atoms with Crippen molar-refractivity contribution in [3.63, 3.8) is 0 Å². The number of amidine groups is 1. The fourth-order valence-corrected chi connectivity index (χ4v) is 2.57. The Hall–Kier alpha value is -1.82. The van der Waals surface area contributed by atoms with Gasteiger partial charge < -0.3 is 16.3 Å². The van der Waals surface area contributed by atoms with Crippen molar-refractivity contribution in [2.45, 2.75) is 25.3 Å². The summed E-state index contributed by atoms with van der Waals surface area (Å²) >= 11 is 5.92. The monoisotopic (exact) mass is 282 g/mol. The summed E-state index contributed by atoms with van der Waals surface area (Å²) in [4.78, 5) is 15.9. The Morgan fingerprint density at radius 3 is 3.05 bits per heavy atom. The zero-order valence-corrected chi connectivity index (χ0v) is 11.0. The van der Waals surface area contributed by atoms with Gasteiger partial charge in [0, 0.05) is 24.4 Å². The van der Waals surface area contributed by atoms with Crippen molar-refractivity contribution >= 4 is 23.3 Å². The molecule has 1 aliphatic carbocycles. The van der Waals surface area contributed by atoms with Crippen LogP contribution in [-0.2, 0) is 0 Å². The van der Waals surface area contributed by atoms with Crippen LogP contribution < -0.4 is 11.1 Å². The van der Waals surface area contributed by atoms with Crippen LogP contribution in [0.3, 0.4) is 0 Å². The molecule has 0 aliphatic heterocycles. The standard InChI is InChI=1S/C12H15ClN4O2/c13-9-6-15-5-4-7(9)12(18)16-10-3-1-2-8(10)11(14)17-19/h4-6,8,10,19H,1-3H2,(H2,14,17)(H,16,18). The number of carbonyl (C=O) groups is 1. The molecular weight excluding hydrogens is 268 g/mol. The number of hydrogen-bond donors (Lipinski definition) is 3. The molecule has 1 fully saturated rings. The van der Waals surface area contributed by atoms with E-state index in [-0.39, 0.29) is 23.7 Å². The second kappa shape index (κ2) is 5.88. The Labute approximate surface area is 115 Å². The number of nitrogens with two attached hydrogens (primary N) is 1. The summed E-state index contributed by atoms with van der Waals surface area (Å²) in [6.07, 6.45) is 5.46. The van der Waals surface area contributed by atoms with Gasteiger partial charge in [0.05, 0.1) is 10.6 Å². The molecule has 102 valence electrons. The van der Waals surface area contributed by atoms with Crippen LogP contribution in [0.2, 0.25) is 5.02 Å². The van der Waals surface area contributed by atoms with Gasteiger partial charge >= 0.3 is 0 Å². The van der Waals surface area contributed by atoms with Gasteiger partial charge in [0.25, 0.3) is 5.91 Å². The van der Waals surface area contributed by atoms with Gasteiger partial charge in [0.15, 0.2) is 0 Å². The van der Waals surface area contributed by atoms with Gasteiger partial charge in [-0.3, -0.25) is 9.78 Å². The van der Waals surface area contributed by atoms with E-state index in [1.165, 1.54) is 12.4 Å². The molecule has 4 N–H and O–H groups in total. The van der Waals surface area contributed by atoms with Gasteiger partial charge in [-0.15, -0.1) is 0 Å². The van der Waals surface area contributed by atoms with Crippen LogP contribution >= 0.6 is 11.6 Å². The minimum atomic E-state index is -0.268.